The molecule has 0 heterocycles. The van der Waals surface area contributed by atoms with Gasteiger partial charge < -0.3 is 19.5 Å². The van der Waals surface area contributed by atoms with E-state index in [9.17, 15) is 0 Å². The van der Waals surface area contributed by atoms with Crippen LogP contribution in [0.5, 0.6) is 17.2 Å². The minimum atomic E-state index is 0.233. The first kappa shape index (κ1) is 16.0. The molecule has 1 aliphatic rings. The van der Waals surface area contributed by atoms with Crippen molar-refractivity contribution in [2.75, 3.05) is 21.3 Å². The molecule has 0 unspecified atom stereocenters. The molecule has 0 atom stereocenters. The molecule has 1 aliphatic carbocycles. The highest BCUT2D eigenvalue weighted by Crippen LogP contribution is 2.35. The summed E-state index contributed by atoms with van der Waals surface area (Å²) in [5.41, 5.74) is 1.33. The predicted molar refractivity (Wildman–Crippen MR) is 84.4 cm³/mol. The third kappa shape index (κ3) is 3.82. The molecule has 1 aromatic carbocycles. The van der Waals surface area contributed by atoms with E-state index in [0.717, 1.165) is 23.6 Å². The van der Waals surface area contributed by atoms with Gasteiger partial charge >= 0.3 is 0 Å². The number of hydrogen-bond donors (Lipinski definition) is 1. The van der Waals surface area contributed by atoms with Crippen LogP contribution in [0.1, 0.15) is 44.6 Å². The monoisotopic (exact) mass is 293 g/mol. The lowest BCUT2D eigenvalue weighted by molar-refractivity contribution is 0.251. The Hall–Kier alpha value is -1.42. The lowest BCUT2D eigenvalue weighted by atomic mass is 9.83. The van der Waals surface area contributed by atoms with E-state index in [-0.39, 0.29) is 5.54 Å². The van der Waals surface area contributed by atoms with Crippen LogP contribution in [0, 0.1) is 0 Å². The van der Waals surface area contributed by atoms with Gasteiger partial charge in [-0.3, -0.25) is 0 Å². The van der Waals surface area contributed by atoms with Gasteiger partial charge in [-0.2, -0.15) is 0 Å². The molecule has 0 saturated heterocycles. The standard InChI is InChI=1S/C17H27NO3/c1-17(8-6-5-7-9-17)18-12-13-10-15(20-3)16(21-4)11-14(13)19-2/h10-11,18H,5-9,12H2,1-4H3. The Bertz CT molecular complexity index is 467. The van der Waals surface area contributed by atoms with Gasteiger partial charge in [0.1, 0.15) is 5.75 Å². The minimum Gasteiger partial charge on any atom is -0.496 e. The van der Waals surface area contributed by atoms with Crippen LogP contribution in [0.25, 0.3) is 0 Å². The molecule has 0 aromatic heterocycles. The SMILES string of the molecule is COc1cc(OC)c(OC)cc1CNC1(C)CCCCC1. The summed E-state index contributed by atoms with van der Waals surface area (Å²) < 4.78 is 16.2. The van der Waals surface area contributed by atoms with Gasteiger partial charge in [-0.15, -0.1) is 0 Å². The average molecular weight is 293 g/mol. The van der Waals surface area contributed by atoms with Crippen LogP contribution in [-0.4, -0.2) is 26.9 Å². The summed E-state index contributed by atoms with van der Waals surface area (Å²) in [6.07, 6.45) is 6.46. The zero-order valence-corrected chi connectivity index (χ0v) is 13.6. The molecule has 1 N–H and O–H groups in total. The molecule has 1 fully saturated rings. The number of nitrogens with one attached hydrogen (secondary N) is 1. The summed E-state index contributed by atoms with van der Waals surface area (Å²) in [6, 6.07) is 3.88. The molecule has 0 spiro atoms. The van der Waals surface area contributed by atoms with Gasteiger partial charge in [0.25, 0.3) is 0 Å². The van der Waals surface area contributed by atoms with Crippen molar-refractivity contribution in [3.05, 3.63) is 17.7 Å². The fraction of sp³-hybridized carbons (Fsp3) is 0.647. The Morgan fingerprint density at radius 3 is 2.05 bits per heavy atom. The number of benzene rings is 1. The van der Waals surface area contributed by atoms with Gasteiger partial charge in [-0.25, -0.2) is 0 Å². The quantitative estimate of drug-likeness (QED) is 0.871. The zero-order valence-electron chi connectivity index (χ0n) is 13.6. The van der Waals surface area contributed by atoms with Crippen molar-refractivity contribution in [3.63, 3.8) is 0 Å². The smallest absolute Gasteiger partial charge is 0.164 e. The first-order chi connectivity index (χ1) is 10.1. The Morgan fingerprint density at radius 2 is 1.48 bits per heavy atom. The maximum Gasteiger partial charge on any atom is 0.164 e. The van der Waals surface area contributed by atoms with E-state index in [2.05, 4.69) is 12.2 Å². The third-order valence-corrected chi connectivity index (χ3v) is 4.45. The fourth-order valence-corrected chi connectivity index (χ4v) is 3.05. The van der Waals surface area contributed by atoms with Crippen LogP contribution < -0.4 is 19.5 Å². The average Bonchev–Trinajstić information content (AvgIpc) is 2.52. The van der Waals surface area contributed by atoms with Gasteiger partial charge in [0.05, 0.1) is 21.3 Å². The Morgan fingerprint density at radius 1 is 0.905 bits per heavy atom. The van der Waals surface area contributed by atoms with Gasteiger partial charge in [0.15, 0.2) is 11.5 Å². The highest BCUT2D eigenvalue weighted by atomic mass is 16.5. The van der Waals surface area contributed by atoms with Crippen molar-refractivity contribution in [1.82, 2.24) is 5.32 Å². The molecule has 1 saturated carbocycles. The van der Waals surface area contributed by atoms with Crippen LogP contribution in [0.15, 0.2) is 12.1 Å². The second kappa shape index (κ2) is 7.03. The molecule has 1 aromatic rings. The van der Waals surface area contributed by atoms with Crippen molar-refractivity contribution < 1.29 is 14.2 Å². The summed E-state index contributed by atoms with van der Waals surface area (Å²) in [7, 11) is 4.98. The molecular weight excluding hydrogens is 266 g/mol. The van der Waals surface area contributed by atoms with E-state index in [4.69, 9.17) is 14.2 Å². The van der Waals surface area contributed by atoms with E-state index < -0.39 is 0 Å². The third-order valence-electron chi connectivity index (χ3n) is 4.45. The molecular formula is C17H27NO3. The number of methoxy groups -OCH3 is 3. The largest absolute Gasteiger partial charge is 0.496 e. The van der Waals surface area contributed by atoms with Crippen molar-refractivity contribution in [2.45, 2.75) is 51.1 Å². The summed E-state index contributed by atoms with van der Waals surface area (Å²) >= 11 is 0. The first-order valence-corrected chi connectivity index (χ1v) is 7.66. The maximum atomic E-state index is 5.48. The van der Waals surface area contributed by atoms with Gasteiger partial charge in [0.2, 0.25) is 0 Å². The van der Waals surface area contributed by atoms with Crippen molar-refractivity contribution in [3.8, 4) is 17.2 Å². The van der Waals surface area contributed by atoms with E-state index in [1.54, 1.807) is 21.3 Å². The molecule has 118 valence electrons. The molecule has 0 radical (unpaired) electrons. The molecule has 4 heteroatoms. The summed E-state index contributed by atoms with van der Waals surface area (Å²) in [5.74, 6) is 2.27. The molecule has 2 rings (SSSR count). The predicted octanol–water partition coefficient (Wildman–Crippen LogP) is 3.52. The van der Waals surface area contributed by atoms with E-state index >= 15 is 0 Å². The van der Waals surface area contributed by atoms with Crippen LogP contribution in [0.3, 0.4) is 0 Å². The molecule has 0 amide bonds. The summed E-state index contributed by atoms with van der Waals surface area (Å²) in [5, 5.41) is 3.70. The van der Waals surface area contributed by atoms with Crippen LogP contribution in [0.2, 0.25) is 0 Å². The van der Waals surface area contributed by atoms with Crippen LogP contribution in [0.4, 0.5) is 0 Å². The molecule has 0 aliphatic heterocycles. The minimum absolute atomic E-state index is 0.233. The zero-order chi connectivity index (χ0) is 15.3. The van der Waals surface area contributed by atoms with E-state index in [1.807, 2.05) is 12.1 Å². The van der Waals surface area contributed by atoms with Crippen molar-refractivity contribution in [1.29, 1.82) is 0 Å². The number of ether oxygens (including phenoxy) is 3. The highest BCUT2D eigenvalue weighted by Gasteiger charge is 2.26. The van der Waals surface area contributed by atoms with Crippen molar-refractivity contribution in [2.24, 2.45) is 0 Å². The van der Waals surface area contributed by atoms with E-state index in [1.165, 1.54) is 32.1 Å². The second-order valence-electron chi connectivity index (χ2n) is 5.99. The highest BCUT2D eigenvalue weighted by molar-refractivity contribution is 5.50. The van der Waals surface area contributed by atoms with Crippen molar-refractivity contribution >= 4 is 0 Å². The second-order valence-corrected chi connectivity index (χ2v) is 5.99. The Balaban J connectivity index is 2.14. The van der Waals surface area contributed by atoms with Gasteiger partial charge in [0, 0.05) is 23.7 Å². The lowest BCUT2D eigenvalue weighted by Gasteiger charge is -2.35. The number of rotatable bonds is 6. The van der Waals surface area contributed by atoms with Gasteiger partial charge in [-0.05, 0) is 25.8 Å². The van der Waals surface area contributed by atoms with Crippen LogP contribution in [-0.2, 0) is 6.54 Å². The maximum absolute atomic E-state index is 5.48. The Kier molecular flexibility index (Phi) is 5.34. The molecule has 4 nitrogen and oxygen atoms in total. The summed E-state index contributed by atoms with van der Waals surface area (Å²) in [6.45, 7) is 3.10. The molecule has 0 bridgehead atoms. The number of hydrogen-bond acceptors (Lipinski definition) is 4. The Labute approximate surface area is 127 Å². The fourth-order valence-electron chi connectivity index (χ4n) is 3.05. The first-order valence-electron chi connectivity index (χ1n) is 7.66. The lowest BCUT2D eigenvalue weighted by Crippen LogP contribution is -2.43. The molecule has 21 heavy (non-hydrogen) atoms. The van der Waals surface area contributed by atoms with E-state index in [0.29, 0.717) is 5.75 Å². The topological polar surface area (TPSA) is 39.7 Å². The summed E-state index contributed by atoms with van der Waals surface area (Å²) in [4.78, 5) is 0. The van der Waals surface area contributed by atoms with Gasteiger partial charge in [-0.1, -0.05) is 19.3 Å². The van der Waals surface area contributed by atoms with Crippen LogP contribution >= 0.6 is 0 Å². The normalized spacial score (nSPS) is 17.3.